The normalized spacial score (nSPS) is 10.9. The number of pyridine rings is 1. The Hall–Kier alpha value is -1.40. The maximum Gasteiger partial charge on any atom is 0.242 e. The molecule has 3 nitrogen and oxygen atoms in total. The minimum atomic E-state index is -0.326. The van der Waals surface area contributed by atoms with E-state index in [-0.39, 0.29) is 5.82 Å². The van der Waals surface area contributed by atoms with Crippen LogP contribution in [0.1, 0.15) is 5.69 Å². The van der Waals surface area contributed by atoms with Crippen LogP contribution in [0, 0.1) is 5.82 Å². The first-order valence-electron chi connectivity index (χ1n) is 5.84. The van der Waals surface area contributed by atoms with Gasteiger partial charge in [0.05, 0.1) is 10.2 Å². The van der Waals surface area contributed by atoms with Crippen molar-refractivity contribution in [3.8, 4) is 11.6 Å². The van der Waals surface area contributed by atoms with E-state index < -0.39 is 0 Å². The van der Waals surface area contributed by atoms with Gasteiger partial charge in [0, 0.05) is 11.5 Å². The number of halogens is 3. The molecule has 3 aromatic rings. The standard InChI is InChI=1S/C14H9Br2FN2O/c15-8-12-14(18-13-3-1-2-6-19(12)13)20-9-4-5-11(17)10(16)7-9/h1-7H,8H2. The van der Waals surface area contributed by atoms with E-state index in [4.69, 9.17) is 4.74 Å². The zero-order valence-electron chi connectivity index (χ0n) is 10.2. The van der Waals surface area contributed by atoms with E-state index in [9.17, 15) is 4.39 Å². The number of fused-ring (bicyclic) bond motifs is 1. The van der Waals surface area contributed by atoms with Crippen LogP contribution in [0.2, 0.25) is 0 Å². The van der Waals surface area contributed by atoms with Crippen molar-refractivity contribution >= 4 is 37.5 Å². The summed E-state index contributed by atoms with van der Waals surface area (Å²) >= 11 is 6.58. The van der Waals surface area contributed by atoms with Gasteiger partial charge in [0.25, 0.3) is 0 Å². The minimum Gasteiger partial charge on any atom is -0.437 e. The maximum absolute atomic E-state index is 13.2. The fraction of sp³-hybridized carbons (Fsp3) is 0.0714. The van der Waals surface area contributed by atoms with Crippen molar-refractivity contribution in [3.05, 3.63) is 58.6 Å². The Labute approximate surface area is 131 Å². The highest BCUT2D eigenvalue weighted by Crippen LogP contribution is 2.29. The zero-order valence-corrected chi connectivity index (χ0v) is 13.4. The molecule has 3 rings (SSSR count). The van der Waals surface area contributed by atoms with E-state index in [1.807, 2.05) is 28.8 Å². The Morgan fingerprint density at radius 3 is 2.85 bits per heavy atom. The molecule has 6 heteroatoms. The van der Waals surface area contributed by atoms with Crippen molar-refractivity contribution in [3.63, 3.8) is 0 Å². The summed E-state index contributed by atoms with van der Waals surface area (Å²) in [6.07, 6.45) is 1.92. The molecule has 20 heavy (non-hydrogen) atoms. The number of rotatable bonds is 3. The summed E-state index contributed by atoms with van der Waals surface area (Å²) in [5, 5.41) is 0.607. The van der Waals surface area contributed by atoms with Crippen molar-refractivity contribution in [1.29, 1.82) is 0 Å². The van der Waals surface area contributed by atoms with Gasteiger partial charge in [0.1, 0.15) is 17.2 Å². The Morgan fingerprint density at radius 1 is 1.25 bits per heavy atom. The first-order chi connectivity index (χ1) is 9.69. The second-order valence-corrected chi connectivity index (χ2v) is 5.52. The van der Waals surface area contributed by atoms with Crippen molar-refractivity contribution < 1.29 is 9.13 Å². The first kappa shape index (κ1) is 13.6. The van der Waals surface area contributed by atoms with Gasteiger partial charge in [-0.2, -0.15) is 4.98 Å². The number of hydrogen-bond acceptors (Lipinski definition) is 2. The molecule has 0 spiro atoms. The highest BCUT2D eigenvalue weighted by atomic mass is 79.9. The first-order valence-corrected chi connectivity index (χ1v) is 7.75. The number of alkyl halides is 1. The minimum absolute atomic E-state index is 0.326. The lowest BCUT2D eigenvalue weighted by molar-refractivity contribution is 0.459. The molecule has 0 bridgehead atoms. The summed E-state index contributed by atoms with van der Waals surface area (Å²) in [5.74, 6) is 0.712. The van der Waals surface area contributed by atoms with E-state index in [0.717, 1.165) is 11.3 Å². The lowest BCUT2D eigenvalue weighted by Crippen LogP contribution is -1.92. The Bertz CT molecular complexity index is 773. The van der Waals surface area contributed by atoms with Crippen molar-refractivity contribution in [2.45, 2.75) is 5.33 Å². The van der Waals surface area contributed by atoms with Gasteiger partial charge < -0.3 is 4.74 Å². The molecule has 0 saturated carbocycles. The molecule has 0 atom stereocenters. The quantitative estimate of drug-likeness (QED) is 0.584. The monoisotopic (exact) mass is 398 g/mol. The van der Waals surface area contributed by atoms with Crippen LogP contribution in [0.4, 0.5) is 4.39 Å². The third-order valence-corrected chi connectivity index (χ3v) is 3.96. The second kappa shape index (κ2) is 5.54. The maximum atomic E-state index is 13.2. The van der Waals surface area contributed by atoms with Crippen molar-refractivity contribution in [1.82, 2.24) is 9.38 Å². The molecule has 0 aliphatic heterocycles. The van der Waals surface area contributed by atoms with E-state index >= 15 is 0 Å². The van der Waals surface area contributed by atoms with Gasteiger partial charge in [-0.15, -0.1) is 0 Å². The summed E-state index contributed by atoms with van der Waals surface area (Å²) in [6, 6.07) is 10.2. The van der Waals surface area contributed by atoms with E-state index in [2.05, 4.69) is 36.8 Å². The summed E-state index contributed by atoms with van der Waals surface area (Å²) in [7, 11) is 0. The molecule has 2 heterocycles. The number of nitrogens with zero attached hydrogens (tertiary/aromatic N) is 2. The molecule has 0 unspecified atom stereocenters. The summed E-state index contributed by atoms with van der Waals surface area (Å²) in [4.78, 5) is 4.43. The number of hydrogen-bond donors (Lipinski definition) is 0. The fourth-order valence-corrected chi connectivity index (χ4v) is 2.75. The fourth-order valence-electron chi connectivity index (χ4n) is 1.88. The van der Waals surface area contributed by atoms with Crippen LogP contribution in [-0.2, 0) is 5.33 Å². The predicted molar refractivity (Wildman–Crippen MR) is 82.0 cm³/mol. The van der Waals surface area contributed by atoms with Crippen LogP contribution in [0.15, 0.2) is 47.1 Å². The SMILES string of the molecule is Fc1ccc(Oc2nc3ccccn3c2CBr)cc1Br. The highest BCUT2D eigenvalue weighted by molar-refractivity contribution is 9.10. The lowest BCUT2D eigenvalue weighted by Gasteiger charge is -2.05. The van der Waals surface area contributed by atoms with Gasteiger partial charge in [-0.05, 0) is 46.3 Å². The van der Waals surface area contributed by atoms with Crippen LogP contribution >= 0.6 is 31.9 Å². The predicted octanol–water partition coefficient (Wildman–Crippen LogP) is 4.92. The van der Waals surface area contributed by atoms with Crippen LogP contribution in [0.25, 0.3) is 5.65 Å². The van der Waals surface area contributed by atoms with Crippen molar-refractivity contribution in [2.24, 2.45) is 0 Å². The van der Waals surface area contributed by atoms with Crippen LogP contribution < -0.4 is 4.74 Å². The summed E-state index contributed by atoms with van der Waals surface area (Å²) in [5.41, 5.74) is 1.71. The van der Waals surface area contributed by atoms with E-state index in [1.54, 1.807) is 12.1 Å². The van der Waals surface area contributed by atoms with Gasteiger partial charge in [-0.1, -0.05) is 22.0 Å². The Kier molecular flexibility index (Phi) is 3.76. The molecule has 0 fully saturated rings. The molecule has 2 aromatic heterocycles. The molecule has 0 aliphatic rings. The average molecular weight is 400 g/mol. The molecular formula is C14H9Br2FN2O. The van der Waals surface area contributed by atoms with Gasteiger partial charge in [0.2, 0.25) is 5.88 Å². The molecule has 0 saturated heterocycles. The average Bonchev–Trinajstić information content (AvgIpc) is 2.80. The summed E-state index contributed by atoms with van der Waals surface area (Å²) < 4.78 is 21.3. The third kappa shape index (κ3) is 2.45. The highest BCUT2D eigenvalue weighted by Gasteiger charge is 2.13. The number of aromatic nitrogens is 2. The third-order valence-electron chi connectivity index (χ3n) is 2.82. The molecule has 1 aromatic carbocycles. The smallest absolute Gasteiger partial charge is 0.242 e. The van der Waals surface area contributed by atoms with Gasteiger partial charge in [-0.25, -0.2) is 4.39 Å². The lowest BCUT2D eigenvalue weighted by atomic mass is 10.3. The van der Waals surface area contributed by atoms with E-state index in [0.29, 0.717) is 21.4 Å². The molecule has 0 aliphatic carbocycles. The molecule has 0 amide bonds. The van der Waals surface area contributed by atoms with Crippen LogP contribution in [-0.4, -0.2) is 9.38 Å². The van der Waals surface area contributed by atoms with Crippen LogP contribution in [0.3, 0.4) is 0 Å². The second-order valence-electron chi connectivity index (χ2n) is 4.10. The van der Waals surface area contributed by atoms with E-state index in [1.165, 1.54) is 6.07 Å². The Balaban J connectivity index is 2.03. The molecule has 0 radical (unpaired) electrons. The number of benzene rings is 1. The molecule has 0 N–H and O–H groups in total. The largest absolute Gasteiger partial charge is 0.437 e. The van der Waals surface area contributed by atoms with Gasteiger partial charge in [0.15, 0.2) is 0 Å². The van der Waals surface area contributed by atoms with Gasteiger partial charge in [-0.3, -0.25) is 4.40 Å². The van der Waals surface area contributed by atoms with Crippen LogP contribution in [0.5, 0.6) is 11.6 Å². The number of ether oxygens (including phenoxy) is 1. The molecular weight excluding hydrogens is 391 g/mol. The van der Waals surface area contributed by atoms with Gasteiger partial charge >= 0.3 is 0 Å². The summed E-state index contributed by atoms with van der Waals surface area (Å²) in [6.45, 7) is 0. The zero-order chi connectivity index (χ0) is 14.1. The van der Waals surface area contributed by atoms with Crippen molar-refractivity contribution in [2.75, 3.05) is 0 Å². The Morgan fingerprint density at radius 2 is 2.10 bits per heavy atom. The number of imidazole rings is 1. The molecule has 102 valence electrons. The topological polar surface area (TPSA) is 26.5 Å².